The first-order chi connectivity index (χ1) is 9.38. The molecule has 2 rings (SSSR count). The molecule has 1 aromatic rings. The Bertz CT molecular complexity index is 501. The second kappa shape index (κ2) is 7.09. The van der Waals surface area contributed by atoms with E-state index >= 15 is 0 Å². The average Bonchev–Trinajstić information content (AvgIpc) is 2.40. The van der Waals surface area contributed by atoms with E-state index in [0.29, 0.717) is 25.1 Å². The molecule has 0 aromatic heterocycles. The van der Waals surface area contributed by atoms with Crippen molar-refractivity contribution in [2.75, 3.05) is 18.4 Å². The van der Waals surface area contributed by atoms with Gasteiger partial charge in [-0.25, -0.2) is 4.39 Å². The maximum atomic E-state index is 13.1. The van der Waals surface area contributed by atoms with Gasteiger partial charge in [0, 0.05) is 12.2 Å². The number of rotatable bonds is 2. The summed E-state index contributed by atoms with van der Waals surface area (Å²) >= 11 is 0. The summed E-state index contributed by atoms with van der Waals surface area (Å²) in [5, 5.41) is 5.45. The smallest absolute Gasteiger partial charge is 0.326 e. The third-order valence-corrected chi connectivity index (χ3v) is 3.21. The lowest BCUT2D eigenvalue weighted by Gasteiger charge is -2.22. The molecule has 1 fully saturated rings. The summed E-state index contributed by atoms with van der Waals surface area (Å²) in [6, 6.07) is 2.44. The number of nitrogens with one attached hydrogen (secondary N) is 2. The predicted molar refractivity (Wildman–Crippen MR) is 72.9 cm³/mol. The Labute approximate surface area is 125 Å². The van der Waals surface area contributed by atoms with Gasteiger partial charge in [0.25, 0.3) is 0 Å². The topological polar surface area (TPSA) is 41.1 Å². The number of piperidine rings is 1. The molecule has 0 spiro atoms. The number of anilines is 1. The van der Waals surface area contributed by atoms with Crippen molar-refractivity contribution >= 4 is 24.0 Å². The van der Waals surface area contributed by atoms with Crippen molar-refractivity contribution < 1.29 is 22.4 Å². The lowest BCUT2D eigenvalue weighted by Crippen LogP contribution is -2.37. The van der Waals surface area contributed by atoms with E-state index in [2.05, 4.69) is 10.6 Å². The monoisotopic (exact) mass is 326 g/mol. The van der Waals surface area contributed by atoms with Gasteiger partial charge in [0.1, 0.15) is 5.82 Å². The van der Waals surface area contributed by atoms with Gasteiger partial charge in [0.15, 0.2) is 0 Å². The highest BCUT2D eigenvalue weighted by molar-refractivity contribution is 5.92. The van der Waals surface area contributed by atoms with Gasteiger partial charge in [0.2, 0.25) is 5.91 Å². The number of hydrogen-bond donors (Lipinski definition) is 2. The second-order valence-electron chi connectivity index (χ2n) is 4.72. The summed E-state index contributed by atoms with van der Waals surface area (Å²) in [6.45, 7) is 1.33. The van der Waals surface area contributed by atoms with Crippen molar-refractivity contribution in [2.45, 2.75) is 19.0 Å². The van der Waals surface area contributed by atoms with Crippen molar-refractivity contribution in [3.8, 4) is 0 Å². The molecule has 3 nitrogen and oxygen atoms in total. The van der Waals surface area contributed by atoms with Crippen LogP contribution in [0.4, 0.5) is 23.2 Å². The Balaban J connectivity index is 0.00000220. The van der Waals surface area contributed by atoms with Crippen molar-refractivity contribution in [2.24, 2.45) is 5.92 Å². The molecule has 1 aliphatic rings. The van der Waals surface area contributed by atoms with Gasteiger partial charge in [-0.3, -0.25) is 4.79 Å². The first-order valence-electron chi connectivity index (χ1n) is 6.26. The quantitative estimate of drug-likeness (QED) is 0.819. The van der Waals surface area contributed by atoms with Crippen molar-refractivity contribution in [1.82, 2.24) is 5.32 Å². The van der Waals surface area contributed by atoms with E-state index < -0.39 is 17.6 Å². The van der Waals surface area contributed by atoms with E-state index in [1.54, 1.807) is 0 Å². The number of carbonyl (C=O) groups excluding carboxylic acids is 1. The van der Waals surface area contributed by atoms with E-state index in [1.807, 2.05) is 0 Å². The number of carbonyl (C=O) groups is 1. The Morgan fingerprint density at radius 2 is 2.05 bits per heavy atom. The van der Waals surface area contributed by atoms with Gasteiger partial charge < -0.3 is 10.6 Å². The zero-order valence-corrected chi connectivity index (χ0v) is 11.8. The van der Waals surface area contributed by atoms with E-state index in [1.165, 1.54) is 0 Å². The summed E-state index contributed by atoms with van der Waals surface area (Å²) < 4.78 is 50.8. The Morgan fingerprint density at radius 3 is 2.62 bits per heavy atom. The maximum Gasteiger partial charge on any atom is 0.419 e. The molecule has 1 aromatic carbocycles. The lowest BCUT2D eigenvalue weighted by atomic mass is 9.98. The largest absolute Gasteiger partial charge is 0.419 e. The molecule has 1 saturated heterocycles. The summed E-state index contributed by atoms with van der Waals surface area (Å²) in [5.74, 6) is -1.98. The lowest BCUT2D eigenvalue weighted by molar-refractivity contribution is -0.140. The Morgan fingerprint density at radius 1 is 1.33 bits per heavy atom. The van der Waals surface area contributed by atoms with Crippen LogP contribution in [0, 0.1) is 11.7 Å². The van der Waals surface area contributed by atoms with Crippen molar-refractivity contribution in [3.05, 3.63) is 29.6 Å². The van der Waals surface area contributed by atoms with Crippen LogP contribution in [0.5, 0.6) is 0 Å². The highest BCUT2D eigenvalue weighted by atomic mass is 35.5. The molecular weight excluding hydrogens is 312 g/mol. The molecule has 0 bridgehead atoms. The average molecular weight is 327 g/mol. The van der Waals surface area contributed by atoms with Crippen LogP contribution in [0.25, 0.3) is 0 Å². The minimum atomic E-state index is -4.78. The highest BCUT2D eigenvalue weighted by Crippen LogP contribution is 2.33. The molecule has 2 N–H and O–H groups in total. The standard InChI is InChI=1S/C13H14F4N2O.ClH/c14-11-4-3-9(6-10(11)13(15,16)17)19-12(20)8-2-1-5-18-7-8;/h3-4,6,8,18H,1-2,5,7H2,(H,19,20);1H. The first kappa shape index (κ1) is 17.7. The summed E-state index contributed by atoms with van der Waals surface area (Å²) in [6.07, 6.45) is -3.25. The highest BCUT2D eigenvalue weighted by Gasteiger charge is 2.34. The van der Waals surface area contributed by atoms with E-state index in [4.69, 9.17) is 0 Å². The SMILES string of the molecule is Cl.O=C(Nc1ccc(F)c(C(F)(F)F)c1)C1CCCNC1. The van der Waals surface area contributed by atoms with Crippen LogP contribution in [0.1, 0.15) is 18.4 Å². The second-order valence-corrected chi connectivity index (χ2v) is 4.72. The Kier molecular flexibility index (Phi) is 5.98. The molecular formula is C13H15ClF4N2O. The number of hydrogen-bond acceptors (Lipinski definition) is 2. The van der Waals surface area contributed by atoms with Crippen LogP contribution in [0.3, 0.4) is 0 Å². The van der Waals surface area contributed by atoms with E-state index in [0.717, 1.165) is 19.0 Å². The van der Waals surface area contributed by atoms with Crippen LogP contribution in [0.15, 0.2) is 18.2 Å². The number of halogens is 5. The zero-order valence-electron chi connectivity index (χ0n) is 11.0. The molecule has 0 saturated carbocycles. The van der Waals surface area contributed by atoms with Crippen LogP contribution in [-0.2, 0) is 11.0 Å². The van der Waals surface area contributed by atoms with Gasteiger partial charge in [-0.1, -0.05) is 0 Å². The molecule has 0 aliphatic carbocycles. The minimum Gasteiger partial charge on any atom is -0.326 e. The van der Waals surface area contributed by atoms with Crippen LogP contribution in [0.2, 0.25) is 0 Å². The number of benzene rings is 1. The summed E-state index contributed by atoms with van der Waals surface area (Å²) in [4.78, 5) is 11.9. The molecule has 1 atom stereocenters. The predicted octanol–water partition coefficient (Wildman–Crippen LogP) is 3.20. The van der Waals surface area contributed by atoms with E-state index in [9.17, 15) is 22.4 Å². The van der Waals surface area contributed by atoms with Gasteiger partial charge in [-0.15, -0.1) is 12.4 Å². The minimum absolute atomic E-state index is 0. The fourth-order valence-electron chi connectivity index (χ4n) is 2.14. The number of alkyl halides is 3. The van der Waals surface area contributed by atoms with Crippen LogP contribution >= 0.6 is 12.4 Å². The molecule has 0 radical (unpaired) electrons. The Hall–Kier alpha value is -1.34. The molecule has 1 aliphatic heterocycles. The van der Waals surface area contributed by atoms with Gasteiger partial charge >= 0.3 is 6.18 Å². The first-order valence-corrected chi connectivity index (χ1v) is 6.26. The molecule has 1 unspecified atom stereocenters. The fourth-order valence-corrected chi connectivity index (χ4v) is 2.14. The normalized spacial score (nSPS) is 18.8. The third-order valence-electron chi connectivity index (χ3n) is 3.21. The number of amides is 1. The molecule has 118 valence electrons. The zero-order chi connectivity index (χ0) is 14.8. The summed E-state index contributed by atoms with van der Waals surface area (Å²) in [7, 11) is 0. The maximum absolute atomic E-state index is 13.1. The molecule has 8 heteroatoms. The van der Waals surface area contributed by atoms with Crippen molar-refractivity contribution in [1.29, 1.82) is 0 Å². The summed E-state index contributed by atoms with van der Waals surface area (Å²) in [5.41, 5.74) is -1.42. The van der Waals surface area contributed by atoms with Crippen LogP contribution < -0.4 is 10.6 Å². The fraction of sp³-hybridized carbons (Fsp3) is 0.462. The third kappa shape index (κ3) is 4.57. The van der Waals surface area contributed by atoms with Gasteiger partial charge in [0.05, 0.1) is 11.5 Å². The molecule has 1 amide bonds. The molecule has 1 heterocycles. The molecule has 21 heavy (non-hydrogen) atoms. The van der Waals surface area contributed by atoms with E-state index in [-0.39, 0.29) is 29.9 Å². The van der Waals surface area contributed by atoms with Gasteiger partial charge in [-0.05, 0) is 37.6 Å². The van der Waals surface area contributed by atoms with Gasteiger partial charge in [-0.2, -0.15) is 13.2 Å². The van der Waals surface area contributed by atoms with Crippen molar-refractivity contribution in [3.63, 3.8) is 0 Å². The van der Waals surface area contributed by atoms with Crippen LogP contribution in [-0.4, -0.2) is 19.0 Å².